The van der Waals surface area contributed by atoms with E-state index in [9.17, 15) is 0 Å². The maximum Gasteiger partial charge on any atom is 0.149 e. The first-order valence-electron chi connectivity index (χ1n) is 7.63. The lowest BCUT2D eigenvalue weighted by molar-refractivity contribution is 0.219. The van der Waals surface area contributed by atoms with Gasteiger partial charge in [-0.3, -0.25) is 4.90 Å². The van der Waals surface area contributed by atoms with E-state index in [1.54, 1.807) is 0 Å². The Morgan fingerprint density at radius 1 is 1.20 bits per heavy atom. The van der Waals surface area contributed by atoms with E-state index in [1.807, 2.05) is 7.05 Å². The van der Waals surface area contributed by atoms with E-state index in [4.69, 9.17) is 9.97 Å². The van der Waals surface area contributed by atoms with Crippen molar-refractivity contribution in [2.24, 2.45) is 0 Å². The van der Waals surface area contributed by atoms with Crippen LogP contribution in [0.1, 0.15) is 42.7 Å². The Hall–Kier alpha value is -1.20. The Labute approximate surface area is 121 Å². The highest BCUT2D eigenvalue weighted by Gasteiger charge is 2.29. The number of likely N-dealkylation sites (N-methyl/N-ethyl adjacent to an activating group) is 2. The van der Waals surface area contributed by atoms with Gasteiger partial charge in [-0.05, 0) is 46.4 Å². The molecule has 20 heavy (non-hydrogen) atoms. The fourth-order valence-corrected chi connectivity index (χ4v) is 2.90. The summed E-state index contributed by atoms with van der Waals surface area (Å²) in [4.78, 5) is 14.4. The minimum absolute atomic E-state index is 0.299. The monoisotopic (exact) mass is 275 g/mol. The van der Waals surface area contributed by atoms with Crippen molar-refractivity contribution in [2.45, 2.75) is 31.2 Å². The van der Waals surface area contributed by atoms with Gasteiger partial charge in [0.1, 0.15) is 11.6 Å². The predicted octanol–water partition coefficient (Wildman–Crippen LogP) is 1.70. The standard InChI is InChI=1S/C15H25N5/c1-16-14-9-12(11-5-6-11)17-15(18-14)13-10-19(2)7-4-8-20(13)3/h9,11,13H,4-8,10H2,1-3H3,(H,16,17,18). The fraction of sp³-hybridized carbons (Fsp3) is 0.733. The number of rotatable bonds is 3. The second-order valence-corrected chi connectivity index (χ2v) is 6.17. The largest absolute Gasteiger partial charge is 0.373 e. The van der Waals surface area contributed by atoms with Crippen LogP contribution in [0.15, 0.2) is 6.07 Å². The first-order chi connectivity index (χ1) is 9.67. The number of aromatic nitrogens is 2. The van der Waals surface area contributed by atoms with Gasteiger partial charge in [0, 0.05) is 31.3 Å². The van der Waals surface area contributed by atoms with Crippen LogP contribution in [0.3, 0.4) is 0 Å². The lowest BCUT2D eigenvalue weighted by Crippen LogP contribution is -2.32. The molecule has 0 spiro atoms. The number of hydrogen-bond donors (Lipinski definition) is 1. The lowest BCUT2D eigenvalue weighted by atomic mass is 10.2. The molecule has 110 valence electrons. The zero-order valence-electron chi connectivity index (χ0n) is 12.8. The van der Waals surface area contributed by atoms with E-state index in [0.717, 1.165) is 31.3 Å². The molecule has 5 nitrogen and oxygen atoms in total. The third kappa shape index (κ3) is 2.94. The summed E-state index contributed by atoms with van der Waals surface area (Å²) in [6, 6.07) is 2.41. The van der Waals surface area contributed by atoms with Gasteiger partial charge in [-0.1, -0.05) is 0 Å². The normalized spacial score (nSPS) is 25.4. The molecule has 1 aromatic rings. The summed E-state index contributed by atoms with van der Waals surface area (Å²) in [6.45, 7) is 3.27. The molecule has 1 aromatic heterocycles. The van der Waals surface area contributed by atoms with Gasteiger partial charge >= 0.3 is 0 Å². The minimum Gasteiger partial charge on any atom is -0.373 e. The molecule has 0 amide bonds. The Balaban J connectivity index is 1.92. The van der Waals surface area contributed by atoms with Crippen molar-refractivity contribution in [1.82, 2.24) is 19.8 Å². The van der Waals surface area contributed by atoms with Gasteiger partial charge in [0.25, 0.3) is 0 Å². The highest BCUT2D eigenvalue weighted by Crippen LogP contribution is 2.40. The molecule has 1 aliphatic carbocycles. The molecular weight excluding hydrogens is 250 g/mol. The maximum absolute atomic E-state index is 4.87. The predicted molar refractivity (Wildman–Crippen MR) is 81.0 cm³/mol. The molecule has 3 rings (SSSR count). The Morgan fingerprint density at radius 2 is 2.00 bits per heavy atom. The van der Waals surface area contributed by atoms with Gasteiger partial charge < -0.3 is 10.2 Å². The van der Waals surface area contributed by atoms with Crippen LogP contribution in [0.4, 0.5) is 5.82 Å². The molecule has 0 aromatic carbocycles. The van der Waals surface area contributed by atoms with Gasteiger partial charge in [-0.25, -0.2) is 9.97 Å². The Bertz CT molecular complexity index is 471. The third-order valence-electron chi connectivity index (χ3n) is 4.38. The summed E-state index contributed by atoms with van der Waals surface area (Å²) in [7, 11) is 6.32. The van der Waals surface area contributed by atoms with Gasteiger partial charge in [-0.2, -0.15) is 0 Å². The second-order valence-electron chi connectivity index (χ2n) is 6.17. The quantitative estimate of drug-likeness (QED) is 0.909. The minimum atomic E-state index is 0.299. The van der Waals surface area contributed by atoms with Crippen LogP contribution in [0.2, 0.25) is 0 Å². The summed E-state index contributed by atoms with van der Waals surface area (Å²) >= 11 is 0. The fourth-order valence-electron chi connectivity index (χ4n) is 2.90. The second kappa shape index (κ2) is 5.66. The van der Waals surface area contributed by atoms with Crippen LogP contribution in [-0.4, -0.2) is 60.5 Å². The van der Waals surface area contributed by atoms with Crippen molar-refractivity contribution in [3.05, 3.63) is 17.6 Å². The van der Waals surface area contributed by atoms with Gasteiger partial charge in [0.15, 0.2) is 0 Å². The van der Waals surface area contributed by atoms with E-state index < -0.39 is 0 Å². The summed E-state index contributed by atoms with van der Waals surface area (Å²) in [5.74, 6) is 2.60. The molecule has 0 bridgehead atoms. The summed E-state index contributed by atoms with van der Waals surface area (Å²) in [5.41, 5.74) is 1.22. The van der Waals surface area contributed by atoms with Gasteiger partial charge in [0.05, 0.1) is 6.04 Å². The first-order valence-corrected chi connectivity index (χ1v) is 7.63. The average Bonchev–Trinajstić information content (AvgIpc) is 3.28. The SMILES string of the molecule is CNc1cc(C2CC2)nc(C2CN(C)CCCN2C)n1. The van der Waals surface area contributed by atoms with Crippen molar-refractivity contribution >= 4 is 5.82 Å². The zero-order chi connectivity index (χ0) is 14.1. The lowest BCUT2D eigenvalue weighted by Gasteiger charge is -2.26. The molecule has 1 atom stereocenters. The van der Waals surface area contributed by atoms with E-state index in [0.29, 0.717) is 12.0 Å². The topological polar surface area (TPSA) is 44.3 Å². The highest BCUT2D eigenvalue weighted by molar-refractivity contribution is 5.37. The molecule has 1 saturated carbocycles. The molecule has 0 radical (unpaired) electrons. The van der Waals surface area contributed by atoms with E-state index in [2.05, 4.69) is 35.3 Å². The van der Waals surface area contributed by atoms with Crippen molar-refractivity contribution in [3.8, 4) is 0 Å². The van der Waals surface area contributed by atoms with Crippen molar-refractivity contribution in [3.63, 3.8) is 0 Å². The molecule has 1 aliphatic heterocycles. The smallest absolute Gasteiger partial charge is 0.149 e. The molecule has 2 fully saturated rings. The molecule has 1 unspecified atom stereocenters. The Morgan fingerprint density at radius 3 is 2.70 bits per heavy atom. The molecule has 2 heterocycles. The maximum atomic E-state index is 4.87. The summed E-state index contributed by atoms with van der Waals surface area (Å²) in [5, 5.41) is 3.19. The third-order valence-corrected chi connectivity index (χ3v) is 4.38. The molecule has 1 N–H and O–H groups in total. The van der Waals surface area contributed by atoms with Crippen LogP contribution in [0, 0.1) is 0 Å². The average molecular weight is 275 g/mol. The van der Waals surface area contributed by atoms with Crippen LogP contribution in [-0.2, 0) is 0 Å². The van der Waals surface area contributed by atoms with Crippen LogP contribution in [0.5, 0.6) is 0 Å². The highest BCUT2D eigenvalue weighted by atomic mass is 15.2. The van der Waals surface area contributed by atoms with Gasteiger partial charge in [-0.15, -0.1) is 0 Å². The summed E-state index contributed by atoms with van der Waals surface area (Å²) < 4.78 is 0. The summed E-state index contributed by atoms with van der Waals surface area (Å²) in [6.07, 6.45) is 3.77. The number of nitrogens with zero attached hydrogens (tertiary/aromatic N) is 4. The molecule has 5 heteroatoms. The molecule has 1 saturated heterocycles. The zero-order valence-corrected chi connectivity index (χ0v) is 12.8. The van der Waals surface area contributed by atoms with E-state index in [-0.39, 0.29) is 0 Å². The van der Waals surface area contributed by atoms with Crippen molar-refractivity contribution < 1.29 is 0 Å². The van der Waals surface area contributed by atoms with Gasteiger partial charge in [0.2, 0.25) is 0 Å². The number of nitrogens with one attached hydrogen (secondary N) is 1. The van der Waals surface area contributed by atoms with Crippen molar-refractivity contribution in [2.75, 3.05) is 46.1 Å². The van der Waals surface area contributed by atoms with E-state index in [1.165, 1.54) is 25.0 Å². The Kier molecular flexibility index (Phi) is 3.89. The van der Waals surface area contributed by atoms with Crippen LogP contribution < -0.4 is 5.32 Å². The number of anilines is 1. The first kappa shape index (κ1) is 13.8. The van der Waals surface area contributed by atoms with Crippen molar-refractivity contribution in [1.29, 1.82) is 0 Å². The van der Waals surface area contributed by atoms with E-state index >= 15 is 0 Å². The van der Waals surface area contributed by atoms with Crippen LogP contribution in [0.25, 0.3) is 0 Å². The van der Waals surface area contributed by atoms with Crippen LogP contribution >= 0.6 is 0 Å². The molecular formula is C15H25N5. The number of hydrogen-bond acceptors (Lipinski definition) is 5. The molecule has 2 aliphatic rings.